The maximum absolute atomic E-state index is 13.1. The van der Waals surface area contributed by atoms with Gasteiger partial charge in [0.2, 0.25) is 5.91 Å². The topological polar surface area (TPSA) is 109 Å². The van der Waals surface area contributed by atoms with Gasteiger partial charge in [0.1, 0.15) is 17.9 Å². The molecule has 0 unspecified atom stereocenters. The van der Waals surface area contributed by atoms with Crippen LogP contribution in [0.15, 0.2) is 24.3 Å². The minimum absolute atomic E-state index is 0.0653. The third-order valence-electron chi connectivity index (χ3n) is 7.34. The Morgan fingerprint density at radius 3 is 2.73 bits per heavy atom. The average molecular weight is 451 g/mol. The minimum atomic E-state index is -0.854. The Labute approximate surface area is 192 Å². The normalized spacial score (nSPS) is 25.0. The molecule has 9 heteroatoms. The van der Waals surface area contributed by atoms with E-state index in [1.807, 2.05) is 31.2 Å². The van der Waals surface area contributed by atoms with Gasteiger partial charge in [-0.25, -0.2) is 4.79 Å². The molecule has 33 heavy (non-hydrogen) atoms. The van der Waals surface area contributed by atoms with Gasteiger partial charge in [-0.05, 0) is 55.9 Å². The second kappa shape index (κ2) is 8.61. The molecule has 2 atom stereocenters. The lowest BCUT2D eigenvalue weighted by molar-refractivity contribution is -0.136. The lowest BCUT2D eigenvalue weighted by atomic mass is 9.73. The summed E-state index contributed by atoms with van der Waals surface area (Å²) in [4.78, 5) is 39.3. The maximum atomic E-state index is 13.1. The molecule has 1 aliphatic carbocycles. The standard InChI is InChI=1S/C24H30N6O3/c1-16-7-4-5-13-24(16)22(32)30(23(33)26-24)15-20(31)25-18-11-9-17(10-12-18)21-28-27-19-8-3-2-6-14-29(19)21/h9-12,16H,2-8,13-15H2,1H3,(H,25,31)(H,26,33)/t16-,24-/m0/s1. The molecule has 1 aromatic heterocycles. The van der Waals surface area contributed by atoms with Crippen LogP contribution >= 0.6 is 0 Å². The molecular formula is C24H30N6O3. The Hall–Kier alpha value is -3.23. The predicted molar refractivity (Wildman–Crippen MR) is 122 cm³/mol. The van der Waals surface area contributed by atoms with Crippen LogP contribution in [0.3, 0.4) is 0 Å². The van der Waals surface area contributed by atoms with Crippen LogP contribution in [0.4, 0.5) is 10.5 Å². The molecule has 2 aromatic rings. The molecule has 0 radical (unpaired) electrons. The van der Waals surface area contributed by atoms with E-state index in [2.05, 4.69) is 25.4 Å². The Morgan fingerprint density at radius 1 is 1.12 bits per heavy atom. The van der Waals surface area contributed by atoms with Crippen LogP contribution in [0.25, 0.3) is 11.4 Å². The summed E-state index contributed by atoms with van der Waals surface area (Å²) in [6.07, 6.45) is 7.89. The smallest absolute Gasteiger partial charge is 0.325 e. The van der Waals surface area contributed by atoms with E-state index in [-0.39, 0.29) is 18.4 Å². The number of aromatic nitrogens is 3. The number of carbonyl (C=O) groups is 3. The molecule has 0 bridgehead atoms. The molecule has 2 aliphatic heterocycles. The van der Waals surface area contributed by atoms with Gasteiger partial charge in [-0.3, -0.25) is 14.5 Å². The predicted octanol–water partition coefficient (Wildman–Crippen LogP) is 3.11. The van der Waals surface area contributed by atoms with Crippen molar-refractivity contribution in [1.29, 1.82) is 0 Å². The summed E-state index contributed by atoms with van der Waals surface area (Å²) in [5, 5.41) is 14.4. The van der Waals surface area contributed by atoms with Crippen molar-refractivity contribution in [3.05, 3.63) is 30.1 Å². The number of aryl methyl sites for hydroxylation is 1. The van der Waals surface area contributed by atoms with Crippen molar-refractivity contribution in [2.24, 2.45) is 5.92 Å². The number of benzene rings is 1. The summed E-state index contributed by atoms with van der Waals surface area (Å²) in [6.45, 7) is 2.62. The van der Waals surface area contributed by atoms with E-state index in [1.54, 1.807) is 0 Å². The summed E-state index contributed by atoms with van der Waals surface area (Å²) in [7, 11) is 0. The summed E-state index contributed by atoms with van der Waals surface area (Å²) < 4.78 is 2.18. The highest BCUT2D eigenvalue weighted by atomic mass is 16.2. The first kappa shape index (κ1) is 21.6. The number of fused-ring (bicyclic) bond motifs is 1. The molecule has 1 saturated heterocycles. The molecule has 1 spiro atoms. The average Bonchev–Trinajstić information content (AvgIpc) is 3.19. The van der Waals surface area contributed by atoms with Crippen LogP contribution in [0, 0.1) is 5.92 Å². The quantitative estimate of drug-likeness (QED) is 0.696. The van der Waals surface area contributed by atoms with Crippen LogP contribution in [-0.2, 0) is 22.6 Å². The van der Waals surface area contributed by atoms with Gasteiger partial charge in [0.05, 0.1) is 0 Å². The van der Waals surface area contributed by atoms with Gasteiger partial charge in [0, 0.05) is 24.2 Å². The van der Waals surface area contributed by atoms with Gasteiger partial charge >= 0.3 is 6.03 Å². The Morgan fingerprint density at radius 2 is 1.94 bits per heavy atom. The largest absolute Gasteiger partial charge is 0.325 e. The van der Waals surface area contributed by atoms with Crippen LogP contribution in [0.5, 0.6) is 0 Å². The number of hydrogen-bond acceptors (Lipinski definition) is 5. The highest BCUT2D eigenvalue weighted by molar-refractivity contribution is 6.10. The monoisotopic (exact) mass is 450 g/mol. The van der Waals surface area contributed by atoms with Gasteiger partial charge in [-0.15, -0.1) is 10.2 Å². The van der Waals surface area contributed by atoms with Crippen molar-refractivity contribution < 1.29 is 14.4 Å². The van der Waals surface area contributed by atoms with Crippen molar-refractivity contribution >= 4 is 23.5 Å². The van der Waals surface area contributed by atoms with E-state index < -0.39 is 17.5 Å². The van der Waals surface area contributed by atoms with Gasteiger partial charge in [-0.1, -0.05) is 26.2 Å². The molecule has 1 aromatic carbocycles. The number of hydrogen-bond donors (Lipinski definition) is 2. The second-order valence-corrected chi connectivity index (χ2v) is 9.47. The first-order chi connectivity index (χ1) is 16.0. The minimum Gasteiger partial charge on any atom is -0.325 e. The zero-order valence-corrected chi connectivity index (χ0v) is 19.0. The fraction of sp³-hybridized carbons (Fsp3) is 0.542. The number of anilines is 1. The highest BCUT2D eigenvalue weighted by Crippen LogP contribution is 2.38. The Balaban J connectivity index is 1.24. The van der Waals surface area contributed by atoms with Crippen LogP contribution < -0.4 is 10.6 Å². The van der Waals surface area contributed by atoms with E-state index in [9.17, 15) is 14.4 Å². The third-order valence-corrected chi connectivity index (χ3v) is 7.34. The summed E-state index contributed by atoms with van der Waals surface area (Å²) in [6, 6.07) is 6.95. The first-order valence-corrected chi connectivity index (χ1v) is 11.9. The highest BCUT2D eigenvalue weighted by Gasteiger charge is 2.55. The van der Waals surface area contributed by atoms with Crippen LogP contribution in [0.1, 0.15) is 57.7 Å². The number of nitrogens with zero attached hydrogens (tertiary/aromatic N) is 4. The fourth-order valence-electron chi connectivity index (χ4n) is 5.38. The van der Waals surface area contributed by atoms with Gasteiger partial charge in [0.25, 0.3) is 5.91 Å². The van der Waals surface area contributed by atoms with Gasteiger partial charge < -0.3 is 15.2 Å². The van der Waals surface area contributed by atoms with Gasteiger partial charge in [-0.2, -0.15) is 0 Å². The number of rotatable bonds is 4. The van der Waals surface area contributed by atoms with Crippen molar-refractivity contribution in [3.8, 4) is 11.4 Å². The molecule has 2 fully saturated rings. The third kappa shape index (κ3) is 3.89. The Bertz CT molecular complexity index is 1080. The summed E-state index contributed by atoms with van der Waals surface area (Å²) in [5.41, 5.74) is 0.691. The summed E-state index contributed by atoms with van der Waals surface area (Å²) in [5.74, 6) is 1.26. The molecule has 3 heterocycles. The van der Waals surface area contributed by atoms with Crippen molar-refractivity contribution in [2.45, 2.75) is 70.4 Å². The number of nitrogens with one attached hydrogen (secondary N) is 2. The number of amides is 4. The van der Waals surface area contributed by atoms with E-state index in [0.717, 1.165) is 67.2 Å². The lowest BCUT2D eigenvalue weighted by Gasteiger charge is -2.36. The Kier molecular flexibility index (Phi) is 5.64. The molecule has 3 aliphatic rings. The maximum Gasteiger partial charge on any atom is 0.325 e. The zero-order valence-electron chi connectivity index (χ0n) is 19.0. The van der Waals surface area contributed by atoms with Crippen molar-refractivity contribution in [1.82, 2.24) is 25.0 Å². The fourth-order valence-corrected chi connectivity index (χ4v) is 5.38. The molecule has 174 valence electrons. The molecule has 2 N–H and O–H groups in total. The molecular weight excluding hydrogens is 420 g/mol. The number of imide groups is 1. The summed E-state index contributed by atoms with van der Waals surface area (Å²) >= 11 is 0. The molecule has 5 rings (SSSR count). The van der Waals surface area contributed by atoms with E-state index in [0.29, 0.717) is 12.1 Å². The van der Waals surface area contributed by atoms with Crippen molar-refractivity contribution in [2.75, 3.05) is 11.9 Å². The first-order valence-electron chi connectivity index (χ1n) is 11.9. The molecule has 9 nitrogen and oxygen atoms in total. The molecule has 4 amide bonds. The second-order valence-electron chi connectivity index (χ2n) is 9.47. The molecule has 1 saturated carbocycles. The van der Waals surface area contributed by atoms with Crippen LogP contribution in [0.2, 0.25) is 0 Å². The lowest BCUT2D eigenvalue weighted by Crippen LogP contribution is -2.54. The SMILES string of the molecule is C[C@H]1CCCC[C@]12NC(=O)N(CC(=O)Nc1ccc(-c3nnc4n3CCCCC4)cc1)C2=O. The number of urea groups is 1. The zero-order chi connectivity index (χ0) is 23.0. The van der Waals surface area contributed by atoms with E-state index in [4.69, 9.17) is 0 Å². The van der Waals surface area contributed by atoms with E-state index in [1.165, 1.54) is 6.42 Å². The van der Waals surface area contributed by atoms with Crippen molar-refractivity contribution in [3.63, 3.8) is 0 Å². The van der Waals surface area contributed by atoms with Crippen LogP contribution in [-0.4, -0.2) is 49.6 Å². The van der Waals surface area contributed by atoms with E-state index >= 15 is 0 Å². The van der Waals surface area contributed by atoms with Gasteiger partial charge in [0.15, 0.2) is 5.82 Å². The number of carbonyl (C=O) groups excluding carboxylic acids is 3.